The van der Waals surface area contributed by atoms with Crippen molar-refractivity contribution in [3.05, 3.63) is 58.0 Å². The third-order valence-corrected chi connectivity index (χ3v) is 2.74. The third kappa shape index (κ3) is 3.72. The highest BCUT2D eigenvalue weighted by Crippen LogP contribution is 2.22. The molecule has 2 heterocycles. The van der Waals surface area contributed by atoms with E-state index in [-0.39, 0.29) is 17.1 Å². The topological polar surface area (TPSA) is 118 Å². The largest absolute Gasteiger partial charge is 0.478 e. The van der Waals surface area contributed by atoms with Crippen molar-refractivity contribution in [1.29, 1.82) is 0 Å². The molecule has 2 aromatic rings. The molecule has 8 nitrogen and oxygen atoms in total. The second-order valence-electron chi connectivity index (χ2n) is 4.19. The summed E-state index contributed by atoms with van der Waals surface area (Å²) in [6.45, 7) is 0.423. The first kappa shape index (κ1) is 14.4. The van der Waals surface area contributed by atoms with Crippen molar-refractivity contribution in [3.63, 3.8) is 0 Å². The van der Waals surface area contributed by atoms with Crippen LogP contribution in [0.15, 0.2) is 36.8 Å². The fourth-order valence-electron chi connectivity index (χ4n) is 1.72. The van der Waals surface area contributed by atoms with Crippen molar-refractivity contribution >= 4 is 17.5 Å². The highest BCUT2D eigenvalue weighted by Gasteiger charge is 2.18. The van der Waals surface area contributed by atoms with Crippen molar-refractivity contribution in [2.24, 2.45) is 0 Å². The minimum atomic E-state index is -1.26. The summed E-state index contributed by atoms with van der Waals surface area (Å²) in [5, 5.41) is 22.6. The Morgan fingerprint density at radius 2 is 2.24 bits per heavy atom. The van der Waals surface area contributed by atoms with Gasteiger partial charge in [0, 0.05) is 31.2 Å². The van der Waals surface area contributed by atoms with Gasteiger partial charge in [0.05, 0.1) is 10.5 Å². The zero-order valence-electron chi connectivity index (χ0n) is 10.9. The maximum Gasteiger partial charge on any atom is 0.337 e. The highest BCUT2D eigenvalue weighted by atomic mass is 16.6. The Bertz CT molecular complexity index is 660. The number of nitro groups is 1. The van der Waals surface area contributed by atoms with Gasteiger partial charge < -0.3 is 10.4 Å². The second-order valence-corrected chi connectivity index (χ2v) is 4.19. The summed E-state index contributed by atoms with van der Waals surface area (Å²) in [6, 6.07) is 4.68. The number of anilines is 1. The van der Waals surface area contributed by atoms with Gasteiger partial charge in [-0.05, 0) is 18.1 Å². The number of hydrogen-bond donors (Lipinski definition) is 2. The lowest BCUT2D eigenvalue weighted by molar-refractivity contribution is -0.384. The first-order chi connectivity index (χ1) is 10.1. The van der Waals surface area contributed by atoms with Gasteiger partial charge >= 0.3 is 11.7 Å². The van der Waals surface area contributed by atoms with Crippen LogP contribution in [0.2, 0.25) is 0 Å². The number of nitrogens with zero attached hydrogens (tertiary/aromatic N) is 3. The molecule has 0 saturated heterocycles. The number of carboxylic acids is 1. The maximum absolute atomic E-state index is 11.0. The van der Waals surface area contributed by atoms with Crippen LogP contribution in [-0.2, 0) is 6.42 Å². The van der Waals surface area contributed by atoms with E-state index in [1.54, 1.807) is 18.5 Å². The van der Waals surface area contributed by atoms with Gasteiger partial charge in [0.2, 0.25) is 5.82 Å². The number of carboxylic acid groups (broad SMARTS) is 1. The number of pyridine rings is 2. The molecule has 108 valence electrons. The van der Waals surface area contributed by atoms with E-state index in [1.165, 1.54) is 0 Å². The average Bonchev–Trinajstić information content (AvgIpc) is 2.48. The summed E-state index contributed by atoms with van der Waals surface area (Å²) < 4.78 is 0. The third-order valence-electron chi connectivity index (χ3n) is 2.74. The summed E-state index contributed by atoms with van der Waals surface area (Å²) in [4.78, 5) is 28.9. The van der Waals surface area contributed by atoms with Crippen LogP contribution in [0.5, 0.6) is 0 Å². The first-order valence-electron chi connectivity index (χ1n) is 6.08. The van der Waals surface area contributed by atoms with E-state index >= 15 is 0 Å². The highest BCUT2D eigenvalue weighted by molar-refractivity contribution is 5.88. The van der Waals surface area contributed by atoms with Gasteiger partial charge in [-0.2, -0.15) is 0 Å². The first-order valence-corrected chi connectivity index (χ1v) is 6.08. The average molecular weight is 288 g/mol. The van der Waals surface area contributed by atoms with Crippen LogP contribution in [-0.4, -0.2) is 32.5 Å². The van der Waals surface area contributed by atoms with E-state index in [0.717, 1.165) is 17.8 Å². The number of nitrogens with one attached hydrogen (secondary N) is 1. The molecule has 0 aliphatic heterocycles. The van der Waals surface area contributed by atoms with Crippen molar-refractivity contribution in [2.45, 2.75) is 6.42 Å². The molecule has 2 rings (SSSR count). The summed E-state index contributed by atoms with van der Waals surface area (Å²) in [5.41, 5.74) is 0.399. The lowest BCUT2D eigenvalue weighted by Crippen LogP contribution is -2.10. The van der Waals surface area contributed by atoms with Gasteiger partial charge in [-0.3, -0.25) is 15.1 Å². The molecule has 0 amide bonds. The number of aromatic nitrogens is 2. The van der Waals surface area contributed by atoms with Gasteiger partial charge in [-0.1, -0.05) is 6.07 Å². The number of aromatic carboxylic acids is 1. The molecule has 0 aliphatic carbocycles. The smallest absolute Gasteiger partial charge is 0.337 e. The number of carbonyl (C=O) groups is 1. The Morgan fingerprint density at radius 3 is 2.86 bits per heavy atom. The molecule has 0 unspecified atom stereocenters. The molecular formula is C13H12N4O4. The van der Waals surface area contributed by atoms with Crippen molar-refractivity contribution < 1.29 is 14.8 Å². The van der Waals surface area contributed by atoms with Crippen molar-refractivity contribution in [1.82, 2.24) is 9.97 Å². The normalized spacial score (nSPS) is 10.1. The van der Waals surface area contributed by atoms with E-state index in [9.17, 15) is 14.9 Å². The van der Waals surface area contributed by atoms with Crippen LogP contribution in [0.1, 0.15) is 15.9 Å². The lowest BCUT2D eigenvalue weighted by atomic mass is 10.2. The molecule has 0 atom stereocenters. The molecule has 0 fully saturated rings. The van der Waals surface area contributed by atoms with Gasteiger partial charge in [-0.25, -0.2) is 9.78 Å². The summed E-state index contributed by atoms with van der Waals surface area (Å²) in [5.74, 6) is -1.21. The summed E-state index contributed by atoms with van der Waals surface area (Å²) in [6.07, 6.45) is 5.07. The second kappa shape index (κ2) is 6.42. The Balaban J connectivity index is 2.09. The molecule has 8 heteroatoms. The minimum Gasteiger partial charge on any atom is -0.478 e. The van der Waals surface area contributed by atoms with E-state index in [4.69, 9.17) is 5.11 Å². The van der Waals surface area contributed by atoms with Crippen LogP contribution < -0.4 is 5.32 Å². The molecule has 0 radical (unpaired) electrons. The van der Waals surface area contributed by atoms with Gasteiger partial charge in [-0.15, -0.1) is 0 Å². The molecule has 2 N–H and O–H groups in total. The van der Waals surface area contributed by atoms with Gasteiger partial charge in [0.15, 0.2) is 0 Å². The van der Waals surface area contributed by atoms with E-state index in [1.807, 2.05) is 6.07 Å². The van der Waals surface area contributed by atoms with Gasteiger partial charge in [0.25, 0.3) is 0 Å². The predicted molar refractivity (Wildman–Crippen MR) is 74.3 cm³/mol. The Labute approximate surface area is 119 Å². The predicted octanol–water partition coefficient (Wildman–Crippen LogP) is 1.74. The lowest BCUT2D eigenvalue weighted by Gasteiger charge is -2.06. The number of hydrogen-bond acceptors (Lipinski definition) is 6. The molecule has 0 bridgehead atoms. The van der Waals surface area contributed by atoms with Crippen LogP contribution in [0.3, 0.4) is 0 Å². The van der Waals surface area contributed by atoms with E-state index in [0.29, 0.717) is 13.0 Å². The van der Waals surface area contributed by atoms with Crippen LogP contribution in [0.4, 0.5) is 11.5 Å². The van der Waals surface area contributed by atoms with Crippen molar-refractivity contribution in [2.75, 3.05) is 11.9 Å². The molecule has 0 spiro atoms. The monoisotopic (exact) mass is 288 g/mol. The quantitative estimate of drug-likeness (QED) is 0.613. The Morgan fingerprint density at radius 1 is 1.43 bits per heavy atom. The zero-order chi connectivity index (χ0) is 15.2. The SMILES string of the molecule is O=C(O)c1cnc(NCCc2cccnc2)c([N+](=O)[O-])c1. The standard InChI is InChI=1S/C13H12N4O4/c18-13(19)10-6-11(17(20)21)12(16-8-10)15-5-3-9-2-1-4-14-7-9/h1-2,4,6-8H,3,5H2,(H,15,16)(H,18,19). The molecule has 0 saturated carbocycles. The Hall–Kier alpha value is -3.03. The molecule has 2 aromatic heterocycles. The van der Waals surface area contributed by atoms with Crippen LogP contribution in [0, 0.1) is 10.1 Å². The van der Waals surface area contributed by atoms with E-state index in [2.05, 4.69) is 15.3 Å². The molecule has 0 aliphatic rings. The summed E-state index contributed by atoms with van der Waals surface area (Å²) in [7, 11) is 0. The minimum absolute atomic E-state index is 0.0499. The van der Waals surface area contributed by atoms with Gasteiger partial charge in [0.1, 0.15) is 0 Å². The van der Waals surface area contributed by atoms with E-state index < -0.39 is 10.9 Å². The molecule has 0 aromatic carbocycles. The fraction of sp³-hybridized carbons (Fsp3) is 0.154. The Kier molecular flexibility index (Phi) is 4.39. The maximum atomic E-state index is 11.0. The van der Waals surface area contributed by atoms with Crippen LogP contribution >= 0.6 is 0 Å². The molecular weight excluding hydrogens is 276 g/mol. The van der Waals surface area contributed by atoms with Crippen LogP contribution in [0.25, 0.3) is 0 Å². The summed E-state index contributed by atoms with van der Waals surface area (Å²) >= 11 is 0. The number of rotatable bonds is 6. The fourth-order valence-corrected chi connectivity index (χ4v) is 1.72. The molecule has 21 heavy (non-hydrogen) atoms. The zero-order valence-corrected chi connectivity index (χ0v) is 10.9. The van der Waals surface area contributed by atoms with Crippen molar-refractivity contribution in [3.8, 4) is 0 Å².